The Bertz CT molecular complexity index is 347. The van der Waals surface area contributed by atoms with Crippen molar-refractivity contribution in [2.75, 3.05) is 13.6 Å². The molecule has 3 nitrogen and oxygen atoms in total. The first-order valence-electron chi connectivity index (χ1n) is 5.96. The van der Waals surface area contributed by atoms with E-state index in [1.165, 1.54) is 0 Å². The fraction of sp³-hybridized carbons (Fsp3) is 0.500. The fourth-order valence-corrected chi connectivity index (χ4v) is 1.60. The third-order valence-electron chi connectivity index (χ3n) is 2.51. The molecule has 17 heavy (non-hydrogen) atoms. The van der Waals surface area contributed by atoms with Crippen LogP contribution in [-0.2, 0) is 4.79 Å². The quantitative estimate of drug-likeness (QED) is 0.569. The smallest absolute Gasteiger partial charge is 0.159 e. The maximum absolute atomic E-state index is 11.3. The van der Waals surface area contributed by atoms with Crippen molar-refractivity contribution < 1.29 is 4.79 Å². The van der Waals surface area contributed by atoms with Gasteiger partial charge in [0.15, 0.2) is 5.78 Å². The Morgan fingerprint density at radius 3 is 2.24 bits per heavy atom. The molecule has 0 unspecified atom stereocenters. The molecule has 0 amide bonds. The minimum atomic E-state index is 0.0657. The minimum Gasteiger partial charge on any atom is -0.401 e. The number of rotatable bonds is 6. The van der Waals surface area contributed by atoms with Crippen LogP contribution in [-0.4, -0.2) is 24.3 Å². The molecule has 0 heterocycles. The van der Waals surface area contributed by atoms with Crippen molar-refractivity contribution in [3.8, 4) is 0 Å². The standard InChI is InChI=1S/C14H24N2O/c1-6-10-16(5)14(11(3)15)9-8-13(7-2)12(4)17/h7-9H,6,10,15H2,1-5H3/b9-8-,13-7+,14-11-. The molecule has 3 heteroatoms. The third kappa shape index (κ3) is 5.38. The molecular formula is C14H24N2O. The van der Waals surface area contributed by atoms with E-state index >= 15 is 0 Å². The van der Waals surface area contributed by atoms with Crippen molar-refractivity contribution >= 4 is 5.78 Å². The van der Waals surface area contributed by atoms with Crippen molar-refractivity contribution in [2.24, 2.45) is 5.73 Å². The highest BCUT2D eigenvalue weighted by molar-refractivity contribution is 5.95. The van der Waals surface area contributed by atoms with Crippen LogP contribution in [0.2, 0.25) is 0 Å². The number of nitrogens with zero attached hydrogens (tertiary/aromatic N) is 1. The molecule has 0 bridgehead atoms. The van der Waals surface area contributed by atoms with Crippen LogP contribution in [0.15, 0.2) is 35.2 Å². The zero-order chi connectivity index (χ0) is 13.4. The lowest BCUT2D eigenvalue weighted by Crippen LogP contribution is -2.20. The highest BCUT2D eigenvalue weighted by Crippen LogP contribution is 2.10. The summed E-state index contributed by atoms with van der Waals surface area (Å²) in [5.74, 6) is 0.0657. The number of Topliss-reactive ketones (excluding diaryl/α,β-unsaturated/α-hetero) is 1. The van der Waals surface area contributed by atoms with Gasteiger partial charge in [0, 0.05) is 24.9 Å². The average Bonchev–Trinajstić information content (AvgIpc) is 2.23. The minimum absolute atomic E-state index is 0.0657. The summed E-state index contributed by atoms with van der Waals surface area (Å²) in [7, 11) is 2.00. The van der Waals surface area contributed by atoms with Gasteiger partial charge in [-0.15, -0.1) is 0 Å². The van der Waals surface area contributed by atoms with Gasteiger partial charge in [0.25, 0.3) is 0 Å². The summed E-state index contributed by atoms with van der Waals surface area (Å²) >= 11 is 0. The summed E-state index contributed by atoms with van der Waals surface area (Å²) in [5, 5.41) is 0. The molecule has 0 fully saturated rings. The Hall–Kier alpha value is -1.51. The molecule has 0 spiro atoms. The van der Waals surface area contributed by atoms with Crippen molar-refractivity contribution in [2.45, 2.75) is 34.1 Å². The van der Waals surface area contributed by atoms with Crippen molar-refractivity contribution in [1.82, 2.24) is 4.90 Å². The zero-order valence-electron chi connectivity index (χ0n) is 11.6. The second-order valence-corrected chi connectivity index (χ2v) is 4.12. The molecule has 0 radical (unpaired) electrons. The molecule has 0 rings (SSSR count). The molecule has 0 aromatic heterocycles. The maximum atomic E-state index is 11.3. The second-order valence-electron chi connectivity index (χ2n) is 4.12. The lowest BCUT2D eigenvalue weighted by Gasteiger charge is -2.20. The molecule has 0 aromatic rings. The molecule has 96 valence electrons. The molecule has 0 atom stereocenters. The van der Waals surface area contributed by atoms with Crippen LogP contribution in [0.1, 0.15) is 34.1 Å². The van der Waals surface area contributed by atoms with Gasteiger partial charge in [-0.25, -0.2) is 0 Å². The first kappa shape index (κ1) is 15.5. The highest BCUT2D eigenvalue weighted by atomic mass is 16.1. The van der Waals surface area contributed by atoms with E-state index in [9.17, 15) is 4.79 Å². The number of allylic oxidation sites excluding steroid dienone is 5. The summed E-state index contributed by atoms with van der Waals surface area (Å²) in [6, 6.07) is 0. The van der Waals surface area contributed by atoms with Gasteiger partial charge in [-0.3, -0.25) is 4.79 Å². The van der Waals surface area contributed by atoms with Gasteiger partial charge < -0.3 is 10.6 Å². The van der Waals surface area contributed by atoms with Gasteiger partial charge >= 0.3 is 0 Å². The van der Waals surface area contributed by atoms with E-state index in [4.69, 9.17) is 5.73 Å². The van der Waals surface area contributed by atoms with E-state index in [1.807, 2.05) is 39.1 Å². The van der Waals surface area contributed by atoms with Gasteiger partial charge in [0.2, 0.25) is 0 Å². The average molecular weight is 236 g/mol. The number of carbonyl (C=O) groups is 1. The highest BCUT2D eigenvalue weighted by Gasteiger charge is 2.04. The van der Waals surface area contributed by atoms with Crippen LogP contribution in [0.3, 0.4) is 0 Å². The lowest BCUT2D eigenvalue weighted by molar-refractivity contribution is -0.113. The number of hydrogen-bond acceptors (Lipinski definition) is 3. The predicted molar refractivity (Wildman–Crippen MR) is 73.4 cm³/mol. The zero-order valence-corrected chi connectivity index (χ0v) is 11.6. The van der Waals surface area contributed by atoms with Crippen LogP contribution in [0.25, 0.3) is 0 Å². The Labute approximate surface area is 105 Å². The van der Waals surface area contributed by atoms with Crippen LogP contribution < -0.4 is 5.73 Å². The summed E-state index contributed by atoms with van der Waals surface area (Å²) in [6.07, 6.45) is 6.59. The number of nitrogens with two attached hydrogens (primary N) is 1. The fourth-order valence-electron chi connectivity index (χ4n) is 1.60. The molecule has 0 saturated heterocycles. The number of hydrogen-bond donors (Lipinski definition) is 1. The summed E-state index contributed by atoms with van der Waals surface area (Å²) in [6.45, 7) is 8.36. The van der Waals surface area contributed by atoms with E-state index in [2.05, 4.69) is 11.8 Å². The normalized spacial score (nSPS) is 13.8. The van der Waals surface area contributed by atoms with Crippen molar-refractivity contribution in [1.29, 1.82) is 0 Å². The molecular weight excluding hydrogens is 212 g/mol. The number of carbonyl (C=O) groups excluding carboxylic acids is 1. The van der Waals surface area contributed by atoms with E-state index in [0.29, 0.717) is 5.57 Å². The van der Waals surface area contributed by atoms with Crippen LogP contribution in [0.4, 0.5) is 0 Å². The Morgan fingerprint density at radius 1 is 1.29 bits per heavy atom. The maximum Gasteiger partial charge on any atom is 0.159 e. The molecule has 0 saturated carbocycles. The number of ketones is 1. The Morgan fingerprint density at radius 2 is 1.88 bits per heavy atom. The van der Waals surface area contributed by atoms with Gasteiger partial charge in [-0.1, -0.05) is 13.0 Å². The largest absolute Gasteiger partial charge is 0.401 e. The number of likely N-dealkylation sites (N-methyl/N-ethyl adjacent to an activating group) is 1. The first-order valence-corrected chi connectivity index (χ1v) is 5.96. The van der Waals surface area contributed by atoms with Gasteiger partial charge in [0.05, 0.1) is 5.70 Å². The monoisotopic (exact) mass is 236 g/mol. The third-order valence-corrected chi connectivity index (χ3v) is 2.51. The predicted octanol–water partition coefficient (Wildman–Crippen LogP) is 2.61. The van der Waals surface area contributed by atoms with Crippen LogP contribution >= 0.6 is 0 Å². The second kappa shape index (κ2) is 7.71. The van der Waals surface area contributed by atoms with Crippen molar-refractivity contribution in [3.63, 3.8) is 0 Å². The topological polar surface area (TPSA) is 46.3 Å². The summed E-state index contributed by atoms with van der Waals surface area (Å²) < 4.78 is 0. The molecule has 2 N–H and O–H groups in total. The molecule has 0 aliphatic heterocycles. The molecule has 0 aliphatic rings. The van der Waals surface area contributed by atoms with Gasteiger partial charge in [-0.2, -0.15) is 0 Å². The summed E-state index contributed by atoms with van der Waals surface area (Å²) in [4.78, 5) is 13.4. The first-order chi connectivity index (χ1) is 7.93. The van der Waals surface area contributed by atoms with E-state index < -0.39 is 0 Å². The Balaban J connectivity index is 4.98. The van der Waals surface area contributed by atoms with Crippen LogP contribution in [0, 0.1) is 0 Å². The van der Waals surface area contributed by atoms with E-state index in [1.54, 1.807) is 6.92 Å². The Kier molecular flexibility index (Phi) is 7.03. The van der Waals surface area contributed by atoms with E-state index in [-0.39, 0.29) is 5.78 Å². The van der Waals surface area contributed by atoms with Crippen LogP contribution in [0.5, 0.6) is 0 Å². The van der Waals surface area contributed by atoms with Crippen molar-refractivity contribution in [3.05, 3.63) is 35.2 Å². The van der Waals surface area contributed by atoms with Gasteiger partial charge in [-0.05, 0) is 39.3 Å². The molecule has 0 aliphatic carbocycles. The molecule has 0 aromatic carbocycles. The SMILES string of the molecule is C\C=C(/C=C\C(=C(/C)N)N(C)CCC)C(C)=O. The lowest BCUT2D eigenvalue weighted by atomic mass is 10.1. The van der Waals surface area contributed by atoms with E-state index in [0.717, 1.165) is 24.4 Å². The van der Waals surface area contributed by atoms with Gasteiger partial charge in [0.1, 0.15) is 0 Å². The summed E-state index contributed by atoms with van der Waals surface area (Å²) in [5.41, 5.74) is 8.28.